The molecular weight excluding hydrogens is 325 g/mol. The fraction of sp³-hybridized carbons (Fsp3) is 0.357. The number of aryl methyl sites for hydroxylation is 2. The third-order valence-corrected chi connectivity index (χ3v) is 3.54. The van der Waals surface area contributed by atoms with Gasteiger partial charge in [-0.15, -0.1) is 0 Å². The Bertz CT molecular complexity index is 625. The summed E-state index contributed by atoms with van der Waals surface area (Å²) in [7, 11) is 1.81. The van der Waals surface area contributed by atoms with Crippen molar-refractivity contribution in [3.63, 3.8) is 0 Å². The molecule has 6 heteroatoms. The van der Waals surface area contributed by atoms with Crippen molar-refractivity contribution in [3.05, 3.63) is 39.7 Å². The first-order chi connectivity index (χ1) is 9.38. The van der Waals surface area contributed by atoms with Crippen molar-refractivity contribution < 1.29 is 9.13 Å². The molecule has 1 unspecified atom stereocenters. The number of benzene rings is 1. The molecule has 1 aromatic heterocycles. The predicted molar refractivity (Wildman–Crippen MR) is 79.5 cm³/mol. The zero-order valence-corrected chi connectivity index (χ0v) is 13.2. The maximum atomic E-state index is 13.1. The lowest BCUT2D eigenvalue weighted by Crippen LogP contribution is -2.18. The summed E-state index contributed by atoms with van der Waals surface area (Å²) in [5.41, 5.74) is 7.72. The van der Waals surface area contributed by atoms with Gasteiger partial charge < -0.3 is 10.5 Å². The van der Waals surface area contributed by atoms with E-state index >= 15 is 0 Å². The van der Waals surface area contributed by atoms with E-state index < -0.39 is 0 Å². The molecule has 1 heterocycles. The molecule has 1 aromatic carbocycles. The van der Waals surface area contributed by atoms with Crippen molar-refractivity contribution in [2.45, 2.75) is 26.3 Å². The summed E-state index contributed by atoms with van der Waals surface area (Å²) in [5.74, 6) is 0.855. The van der Waals surface area contributed by atoms with Gasteiger partial charge in [0.25, 0.3) is 0 Å². The lowest BCUT2D eigenvalue weighted by Gasteiger charge is -2.11. The van der Waals surface area contributed by atoms with Gasteiger partial charge in [-0.25, -0.2) is 9.07 Å². The number of nitrogens with two attached hydrogens (primary N) is 1. The van der Waals surface area contributed by atoms with E-state index in [4.69, 9.17) is 10.5 Å². The van der Waals surface area contributed by atoms with Crippen LogP contribution in [0, 0.1) is 12.7 Å². The molecule has 2 aromatic rings. The summed E-state index contributed by atoms with van der Waals surface area (Å²) in [5, 5.41) is 4.35. The second-order valence-electron chi connectivity index (χ2n) is 4.85. The van der Waals surface area contributed by atoms with Crippen LogP contribution >= 0.6 is 15.9 Å². The molecule has 20 heavy (non-hydrogen) atoms. The van der Waals surface area contributed by atoms with Crippen LogP contribution in [0.2, 0.25) is 0 Å². The molecule has 0 saturated heterocycles. The van der Waals surface area contributed by atoms with Crippen molar-refractivity contribution in [3.8, 4) is 11.6 Å². The van der Waals surface area contributed by atoms with Gasteiger partial charge in [-0.05, 0) is 54.4 Å². The van der Waals surface area contributed by atoms with Crippen molar-refractivity contribution in [2.24, 2.45) is 12.8 Å². The van der Waals surface area contributed by atoms with Crippen LogP contribution in [0.1, 0.15) is 18.2 Å². The summed E-state index contributed by atoms with van der Waals surface area (Å²) in [4.78, 5) is 0. The highest BCUT2D eigenvalue weighted by Gasteiger charge is 2.17. The lowest BCUT2D eigenvalue weighted by atomic mass is 10.1. The topological polar surface area (TPSA) is 53.1 Å². The highest BCUT2D eigenvalue weighted by Crippen LogP contribution is 2.33. The molecule has 0 spiro atoms. The van der Waals surface area contributed by atoms with E-state index in [9.17, 15) is 4.39 Å². The summed E-state index contributed by atoms with van der Waals surface area (Å²) in [6, 6.07) is 4.31. The Hall–Kier alpha value is -1.40. The molecule has 2 N–H and O–H groups in total. The molecule has 0 bridgehead atoms. The van der Waals surface area contributed by atoms with E-state index in [2.05, 4.69) is 21.0 Å². The van der Waals surface area contributed by atoms with Gasteiger partial charge in [-0.1, -0.05) is 0 Å². The molecule has 4 nitrogen and oxygen atoms in total. The van der Waals surface area contributed by atoms with E-state index in [0.717, 1.165) is 11.3 Å². The van der Waals surface area contributed by atoms with Crippen LogP contribution in [0.4, 0.5) is 4.39 Å². The van der Waals surface area contributed by atoms with Gasteiger partial charge in [-0.2, -0.15) is 5.10 Å². The summed E-state index contributed by atoms with van der Waals surface area (Å²) < 4.78 is 21.2. The zero-order chi connectivity index (χ0) is 14.9. The second-order valence-corrected chi connectivity index (χ2v) is 5.71. The van der Waals surface area contributed by atoms with Crippen molar-refractivity contribution in [1.82, 2.24) is 9.78 Å². The molecule has 1 atom stereocenters. The van der Waals surface area contributed by atoms with Crippen LogP contribution in [-0.4, -0.2) is 15.8 Å². The van der Waals surface area contributed by atoms with E-state index in [-0.39, 0.29) is 11.9 Å². The molecule has 2 rings (SSSR count). The van der Waals surface area contributed by atoms with Crippen LogP contribution in [0.15, 0.2) is 22.7 Å². The van der Waals surface area contributed by atoms with Crippen molar-refractivity contribution in [2.75, 3.05) is 0 Å². The normalized spacial score (nSPS) is 12.5. The van der Waals surface area contributed by atoms with E-state index in [1.807, 2.05) is 20.9 Å². The average Bonchev–Trinajstić information content (AvgIpc) is 2.58. The van der Waals surface area contributed by atoms with Crippen LogP contribution in [0.5, 0.6) is 11.6 Å². The van der Waals surface area contributed by atoms with Gasteiger partial charge in [0.2, 0.25) is 5.88 Å². The number of aromatic nitrogens is 2. The molecule has 0 saturated carbocycles. The molecular formula is C14H17BrFN3O. The van der Waals surface area contributed by atoms with Crippen LogP contribution in [0.25, 0.3) is 0 Å². The summed E-state index contributed by atoms with van der Waals surface area (Å²) in [6.45, 7) is 3.86. The molecule has 0 amide bonds. The maximum absolute atomic E-state index is 13.1. The number of ether oxygens (including phenoxy) is 1. The highest BCUT2D eigenvalue weighted by molar-refractivity contribution is 9.10. The first-order valence-electron chi connectivity index (χ1n) is 6.29. The Kier molecular flexibility index (Phi) is 4.45. The maximum Gasteiger partial charge on any atom is 0.221 e. The average molecular weight is 342 g/mol. The number of nitrogens with zero attached hydrogens (tertiary/aromatic N) is 2. The van der Waals surface area contributed by atoms with Crippen molar-refractivity contribution in [1.29, 1.82) is 0 Å². The van der Waals surface area contributed by atoms with Gasteiger partial charge in [0.15, 0.2) is 0 Å². The Labute approximate surface area is 125 Å². The van der Waals surface area contributed by atoms with Gasteiger partial charge in [0.1, 0.15) is 11.6 Å². The standard InChI is InChI=1S/C14H17BrFN3O/c1-8(17)6-11-9(2)18-19(3)14(11)20-13-5-4-10(16)7-12(13)15/h4-5,7-8H,6,17H2,1-3H3. The smallest absolute Gasteiger partial charge is 0.221 e. The van der Waals surface area contributed by atoms with Gasteiger partial charge >= 0.3 is 0 Å². The first-order valence-corrected chi connectivity index (χ1v) is 7.08. The van der Waals surface area contributed by atoms with Crippen LogP contribution in [-0.2, 0) is 13.5 Å². The van der Waals surface area contributed by atoms with Gasteiger partial charge in [0.05, 0.1) is 10.2 Å². The number of halogens is 2. The molecule has 108 valence electrons. The minimum Gasteiger partial charge on any atom is -0.438 e. The number of hydrogen-bond donors (Lipinski definition) is 1. The molecule has 0 radical (unpaired) electrons. The first kappa shape index (κ1) is 15.0. The third kappa shape index (κ3) is 3.19. The Morgan fingerprint density at radius 2 is 2.20 bits per heavy atom. The Morgan fingerprint density at radius 3 is 2.80 bits per heavy atom. The van der Waals surface area contributed by atoms with E-state index in [0.29, 0.717) is 22.5 Å². The largest absolute Gasteiger partial charge is 0.438 e. The minimum absolute atomic E-state index is 0.0110. The molecule has 0 aliphatic rings. The van der Waals surface area contributed by atoms with Crippen LogP contribution in [0.3, 0.4) is 0 Å². The third-order valence-electron chi connectivity index (χ3n) is 2.92. The SMILES string of the molecule is Cc1nn(C)c(Oc2ccc(F)cc2Br)c1CC(C)N. The molecule has 0 fully saturated rings. The van der Waals surface area contributed by atoms with E-state index in [1.54, 1.807) is 10.7 Å². The van der Waals surface area contributed by atoms with Gasteiger partial charge in [-0.3, -0.25) is 0 Å². The van der Waals surface area contributed by atoms with E-state index in [1.165, 1.54) is 12.1 Å². The fourth-order valence-corrected chi connectivity index (χ4v) is 2.46. The number of rotatable bonds is 4. The molecule has 0 aliphatic heterocycles. The summed E-state index contributed by atoms with van der Waals surface area (Å²) >= 11 is 3.29. The monoisotopic (exact) mass is 341 g/mol. The Balaban J connectivity index is 2.37. The Morgan fingerprint density at radius 1 is 1.50 bits per heavy atom. The quantitative estimate of drug-likeness (QED) is 0.928. The fourth-order valence-electron chi connectivity index (χ4n) is 2.03. The van der Waals surface area contributed by atoms with Crippen LogP contribution < -0.4 is 10.5 Å². The lowest BCUT2D eigenvalue weighted by molar-refractivity contribution is 0.421. The van der Waals surface area contributed by atoms with Crippen molar-refractivity contribution >= 4 is 15.9 Å². The summed E-state index contributed by atoms with van der Waals surface area (Å²) in [6.07, 6.45) is 0.674. The molecule has 0 aliphatic carbocycles. The predicted octanol–water partition coefficient (Wildman–Crippen LogP) is 3.31. The zero-order valence-electron chi connectivity index (χ0n) is 11.7. The highest BCUT2D eigenvalue weighted by atomic mass is 79.9. The second kappa shape index (κ2) is 5.93. The minimum atomic E-state index is -0.318. The van der Waals surface area contributed by atoms with Gasteiger partial charge in [0, 0.05) is 18.7 Å². The number of hydrogen-bond acceptors (Lipinski definition) is 3.